The summed E-state index contributed by atoms with van der Waals surface area (Å²) in [5.74, 6) is 1.01. The predicted molar refractivity (Wildman–Crippen MR) is 69.6 cm³/mol. The van der Waals surface area contributed by atoms with Gasteiger partial charge < -0.3 is 15.4 Å². The third-order valence-corrected chi connectivity index (χ3v) is 3.61. The van der Waals surface area contributed by atoms with Gasteiger partial charge in [-0.05, 0) is 49.9 Å². The van der Waals surface area contributed by atoms with Gasteiger partial charge in [0.15, 0.2) is 0 Å². The maximum absolute atomic E-state index is 5.94. The smallest absolute Gasteiger partial charge is 0.119 e. The van der Waals surface area contributed by atoms with Gasteiger partial charge in [0.2, 0.25) is 0 Å². The Morgan fingerprint density at radius 3 is 2.35 bits per heavy atom. The fraction of sp³-hybridized carbons (Fsp3) is 0.571. The SMILES string of the molecule is c1cc(OC2CCCC2)ccc1NC1CNC1. The van der Waals surface area contributed by atoms with Crippen LogP contribution in [0.4, 0.5) is 5.69 Å². The van der Waals surface area contributed by atoms with E-state index in [1.165, 1.54) is 31.4 Å². The van der Waals surface area contributed by atoms with Gasteiger partial charge in [0.25, 0.3) is 0 Å². The molecule has 1 saturated carbocycles. The van der Waals surface area contributed by atoms with Crippen LogP contribution in [0.2, 0.25) is 0 Å². The van der Waals surface area contributed by atoms with E-state index in [9.17, 15) is 0 Å². The zero-order valence-electron chi connectivity index (χ0n) is 10.1. The van der Waals surface area contributed by atoms with Crippen LogP contribution in [0.25, 0.3) is 0 Å². The summed E-state index contributed by atoms with van der Waals surface area (Å²) in [4.78, 5) is 0. The van der Waals surface area contributed by atoms with Crippen molar-refractivity contribution in [1.29, 1.82) is 0 Å². The van der Waals surface area contributed by atoms with Crippen molar-refractivity contribution in [3.63, 3.8) is 0 Å². The number of rotatable bonds is 4. The second kappa shape index (κ2) is 4.96. The van der Waals surface area contributed by atoms with Crippen LogP contribution < -0.4 is 15.4 Å². The van der Waals surface area contributed by atoms with Crippen molar-refractivity contribution < 1.29 is 4.74 Å². The molecule has 92 valence electrons. The monoisotopic (exact) mass is 232 g/mol. The van der Waals surface area contributed by atoms with E-state index >= 15 is 0 Å². The average molecular weight is 232 g/mol. The van der Waals surface area contributed by atoms with Gasteiger partial charge in [-0.3, -0.25) is 0 Å². The lowest BCUT2D eigenvalue weighted by molar-refractivity contribution is 0.210. The van der Waals surface area contributed by atoms with E-state index in [1.54, 1.807) is 0 Å². The lowest BCUT2D eigenvalue weighted by atomic mass is 10.1. The molecule has 1 heterocycles. The Hall–Kier alpha value is -1.22. The first-order valence-corrected chi connectivity index (χ1v) is 6.64. The van der Waals surface area contributed by atoms with Gasteiger partial charge in [0.05, 0.1) is 12.1 Å². The minimum atomic E-state index is 0.449. The molecule has 17 heavy (non-hydrogen) atoms. The van der Waals surface area contributed by atoms with Crippen LogP contribution in [-0.2, 0) is 0 Å². The van der Waals surface area contributed by atoms with Crippen molar-refractivity contribution in [1.82, 2.24) is 5.32 Å². The van der Waals surface area contributed by atoms with E-state index in [-0.39, 0.29) is 0 Å². The number of nitrogens with one attached hydrogen (secondary N) is 2. The first-order valence-electron chi connectivity index (χ1n) is 6.64. The summed E-state index contributed by atoms with van der Waals surface area (Å²) in [6, 6.07) is 8.97. The predicted octanol–water partition coefficient (Wildman–Crippen LogP) is 2.39. The second-order valence-corrected chi connectivity index (χ2v) is 5.05. The van der Waals surface area contributed by atoms with Gasteiger partial charge in [-0.1, -0.05) is 0 Å². The molecule has 3 heteroatoms. The summed E-state index contributed by atoms with van der Waals surface area (Å²) < 4.78 is 5.94. The maximum Gasteiger partial charge on any atom is 0.119 e. The lowest BCUT2D eigenvalue weighted by Crippen LogP contribution is -2.51. The Labute approximate surface area is 103 Å². The largest absolute Gasteiger partial charge is 0.490 e. The van der Waals surface area contributed by atoms with E-state index in [0.29, 0.717) is 12.1 Å². The molecule has 2 fully saturated rings. The highest BCUT2D eigenvalue weighted by molar-refractivity contribution is 5.47. The number of ether oxygens (including phenoxy) is 1. The van der Waals surface area contributed by atoms with Crippen LogP contribution in [0.5, 0.6) is 5.75 Å². The highest BCUT2D eigenvalue weighted by atomic mass is 16.5. The van der Waals surface area contributed by atoms with Crippen molar-refractivity contribution in [3.05, 3.63) is 24.3 Å². The van der Waals surface area contributed by atoms with Crippen molar-refractivity contribution >= 4 is 5.69 Å². The molecule has 0 radical (unpaired) electrons. The van der Waals surface area contributed by atoms with Crippen molar-refractivity contribution in [2.75, 3.05) is 18.4 Å². The van der Waals surface area contributed by atoms with Crippen LogP contribution in [0.3, 0.4) is 0 Å². The Kier molecular flexibility index (Phi) is 3.18. The Bertz CT molecular complexity index is 353. The van der Waals surface area contributed by atoms with E-state index in [2.05, 4.69) is 34.9 Å². The topological polar surface area (TPSA) is 33.3 Å². The van der Waals surface area contributed by atoms with Crippen molar-refractivity contribution in [2.24, 2.45) is 0 Å². The van der Waals surface area contributed by atoms with Gasteiger partial charge in [-0.25, -0.2) is 0 Å². The molecule has 0 amide bonds. The molecule has 1 aliphatic heterocycles. The zero-order chi connectivity index (χ0) is 11.5. The molecular weight excluding hydrogens is 212 g/mol. The third kappa shape index (κ3) is 2.72. The third-order valence-electron chi connectivity index (χ3n) is 3.61. The molecule has 0 unspecified atom stereocenters. The highest BCUT2D eigenvalue weighted by Gasteiger charge is 2.17. The summed E-state index contributed by atoms with van der Waals surface area (Å²) in [5, 5.41) is 6.74. The molecule has 0 spiro atoms. The van der Waals surface area contributed by atoms with Gasteiger partial charge in [0, 0.05) is 18.8 Å². The van der Waals surface area contributed by atoms with Crippen LogP contribution in [0.15, 0.2) is 24.3 Å². The van der Waals surface area contributed by atoms with Gasteiger partial charge in [-0.15, -0.1) is 0 Å². The number of benzene rings is 1. The quantitative estimate of drug-likeness (QED) is 0.836. The van der Waals surface area contributed by atoms with Gasteiger partial charge in [0.1, 0.15) is 5.75 Å². The molecule has 1 aromatic rings. The fourth-order valence-electron chi connectivity index (χ4n) is 2.45. The lowest BCUT2D eigenvalue weighted by Gasteiger charge is -2.29. The minimum Gasteiger partial charge on any atom is -0.490 e. The molecule has 3 rings (SSSR count). The number of hydrogen-bond donors (Lipinski definition) is 2. The van der Waals surface area contributed by atoms with Crippen LogP contribution in [0, 0.1) is 0 Å². The first-order chi connectivity index (χ1) is 8.40. The molecule has 1 aromatic carbocycles. The van der Waals surface area contributed by atoms with E-state index < -0.39 is 0 Å². The maximum atomic E-state index is 5.94. The van der Waals surface area contributed by atoms with Crippen LogP contribution in [-0.4, -0.2) is 25.2 Å². The molecule has 0 bridgehead atoms. The Balaban J connectivity index is 1.55. The van der Waals surface area contributed by atoms with Gasteiger partial charge in [-0.2, -0.15) is 0 Å². The molecule has 3 nitrogen and oxygen atoms in total. The van der Waals surface area contributed by atoms with Crippen LogP contribution >= 0.6 is 0 Å². The van der Waals surface area contributed by atoms with Crippen molar-refractivity contribution in [3.8, 4) is 5.75 Å². The van der Waals surface area contributed by atoms with E-state index in [0.717, 1.165) is 18.8 Å². The average Bonchev–Trinajstić information content (AvgIpc) is 2.78. The summed E-state index contributed by atoms with van der Waals surface area (Å²) in [6.07, 6.45) is 5.52. The highest BCUT2D eigenvalue weighted by Crippen LogP contribution is 2.25. The molecule has 2 N–H and O–H groups in total. The first kappa shape index (κ1) is 10.9. The molecular formula is C14H20N2O. The summed E-state index contributed by atoms with van der Waals surface area (Å²) in [6.45, 7) is 2.14. The van der Waals surface area contributed by atoms with Crippen LogP contribution in [0.1, 0.15) is 25.7 Å². The van der Waals surface area contributed by atoms with Gasteiger partial charge >= 0.3 is 0 Å². The molecule has 0 aromatic heterocycles. The molecule has 0 atom stereocenters. The Morgan fingerprint density at radius 1 is 1.06 bits per heavy atom. The summed E-state index contributed by atoms with van der Waals surface area (Å²) in [5.41, 5.74) is 1.19. The Morgan fingerprint density at radius 2 is 1.76 bits per heavy atom. The molecule has 2 aliphatic rings. The van der Waals surface area contributed by atoms with E-state index in [1.807, 2.05) is 0 Å². The summed E-state index contributed by atoms with van der Waals surface area (Å²) >= 11 is 0. The second-order valence-electron chi connectivity index (χ2n) is 5.05. The van der Waals surface area contributed by atoms with Crippen molar-refractivity contribution in [2.45, 2.75) is 37.8 Å². The normalized spacial score (nSPS) is 21.2. The molecule has 1 saturated heterocycles. The summed E-state index contributed by atoms with van der Waals surface area (Å²) in [7, 11) is 0. The zero-order valence-corrected chi connectivity index (χ0v) is 10.1. The van der Waals surface area contributed by atoms with E-state index in [4.69, 9.17) is 4.74 Å². The standard InChI is InChI=1S/C14H20N2O/c1-2-4-13(3-1)17-14-7-5-11(6-8-14)16-12-9-15-10-12/h5-8,12-13,15-16H,1-4,9-10H2. The fourth-order valence-corrected chi connectivity index (χ4v) is 2.45. The molecule has 1 aliphatic carbocycles. The number of hydrogen-bond acceptors (Lipinski definition) is 3. The minimum absolute atomic E-state index is 0.449. The number of anilines is 1.